The van der Waals surface area contributed by atoms with Crippen LogP contribution in [-0.4, -0.2) is 29.9 Å². The lowest BCUT2D eigenvalue weighted by Gasteiger charge is -2.22. The highest BCUT2D eigenvalue weighted by atomic mass is 19.1. The van der Waals surface area contributed by atoms with E-state index in [-0.39, 0.29) is 5.82 Å². The summed E-state index contributed by atoms with van der Waals surface area (Å²) in [7, 11) is 0. The van der Waals surface area contributed by atoms with Gasteiger partial charge in [-0.05, 0) is 49.7 Å². The molecule has 1 saturated heterocycles. The third-order valence-electron chi connectivity index (χ3n) is 4.03. The van der Waals surface area contributed by atoms with Gasteiger partial charge in [0.05, 0.1) is 18.3 Å². The molecule has 1 aromatic heterocycles. The number of benzene rings is 2. The number of hydrogen-bond acceptors (Lipinski definition) is 3. The maximum Gasteiger partial charge on any atom is 0.123 e. The van der Waals surface area contributed by atoms with E-state index in [1.807, 2.05) is 24.4 Å². The monoisotopic (exact) mass is 327 g/mol. The third-order valence-corrected chi connectivity index (χ3v) is 4.03. The first-order valence-electron chi connectivity index (χ1n) is 8.28. The second-order valence-corrected chi connectivity index (χ2v) is 5.94. The Morgan fingerprint density at radius 1 is 1.17 bits per heavy atom. The molecule has 1 aliphatic rings. The van der Waals surface area contributed by atoms with Gasteiger partial charge in [0.25, 0.3) is 0 Å². The molecule has 4 rings (SSSR count). The zero-order valence-corrected chi connectivity index (χ0v) is 13.5. The molecular weight excluding hydrogens is 305 g/mol. The Balaban J connectivity index is 0.000000203. The van der Waals surface area contributed by atoms with Crippen molar-refractivity contribution in [2.75, 3.05) is 19.7 Å². The molecule has 0 radical (unpaired) electrons. The maximum atomic E-state index is 11.9. The Labute approximate surface area is 141 Å². The molecule has 0 bridgehead atoms. The summed E-state index contributed by atoms with van der Waals surface area (Å²) >= 11 is 0. The molecule has 24 heavy (non-hydrogen) atoms. The largest absolute Gasteiger partial charge is 0.493 e. The normalized spacial score (nSPS) is 17.1. The van der Waals surface area contributed by atoms with Crippen molar-refractivity contribution >= 4 is 10.9 Å². The molecule has 1 unspecified atom stereocenters. The molecule has 2 aromatic carbocycles. The Morgan fingerprint density at radius 2 is 2.04 bits per heavy atom. The number of aromatic amines is 1. The standard InChI is InChI=1S/C13H17N3O.C6H5F/c1-2-10(7-14-5-1)9-17-12-3-4-13-11(6-12)8-15-16-13;7-6-4-2-1-3-5-6/h3-4,6,8,10,14H,1-2,5,7,9H2,(H,15,16);1-5H. The Bertz CT molecular complexity index is 738. The van der Waals surface area contributed by atoms with Crippen molar-refractivity contribution in [2.45, 2.75) is 12.8 Å². The average Bonchev–Trinajstić information content (AvgIpc) is 3.10. The predicted octanol–water partition coefficient (Wildman–Crippen LogP) is 3.77. The van der Waals surface area contributed by atoms with Gasteiger partial charge >= 0.3 is 0 Å². The molecule has 0 saturated carbocycles. The number of rotatable bonds is 3. The van der Waals surface area contributed by atoms with Crippen molar-refractivity contribution in [1.82, 2.24) is 15.5 Å². The van der Waals surface area contributed by atoms with Gasteiger partial charge in [-0.3, -0.25) is 5.10 Å². The average molecular weight is 327 g/mol. The van der Waals surface area contributed by atoms with Crippen LogP contribution in [0, 0.1) is 11.7 Å². The number of nitrogens with zero attached hydrogens (tertiary/aromatic N) is 1. The number of H-pyrrole nitrogens is 1. The lowest BCUT2D eigenvalue weighted by atomic mass is 10.0. The summed E-state index contributed by atoms with van der Waals surface area (Å²) in [6, 6.07) is 14.0. The zero-order chi connectivity index (χ0) is 16.6. The van der Waals surface area contributed by atoms with Gasteiger partial charge in [-0.1, -0.05) is 18.2 Å². The van der Waals surface area contributed by atoms with Crippen molar-refractivity contribution in [3.05, 3.63) is 60.5 Å². The van der Waals surface area contributed by atoms with Crippen LogP contribution in [0.3, 0.4) is 0 Å². The molecule has 126 valence electrons. The minimum atomic E-state index is -0.178. The number of ether oxygens (including phenoxy) is 1. The third kappa shape index (κ3) is 4.80. The van der Waals surface area contributed by atoms with Crippen molar-refractivity contribution in [3.8, 4) is 5.75 Å². The molecule has 5 heteroatoms. The van der Waals surface area contributed by atoms with Crippen LogP contribution in [0.2, 0.25) is 0 Å². The fraction of sp³-hybridized carbons (Fsp3) is 0.316. The van der Waals surface area contributed by atoms with Crippen LogP contribution in [0.25, 0.3) is 10.9 Å². The Morgan fingerprint density at radius 3 is 2.75 bits per heavy atom. The highest BCUT2D eigenvalue weighted by Crippen LogP contribution is 2.20. The summed E-state index contributed by atoms with van der Waals surface area (Å²) in [5, 5.41) is 11.4. The molecule has 1 fully saturated rings. The molecular formula is C19H22FN3O. The predicted molar refractivity (Wildman–Crippen MR) is 93.6 cm³/mol. The summed E-state index contributed by atoms with van der Waals surface area (Å²) in [5.41, 5.74) is 1.05. The van der Waals surface area contributed by atoms with E-state index in [9.17, 15) is 4.39 Å². The summed E-state index contributed by atoms with van der Waals surface area (Å²) in [6.07, 6.45) is 4.35. The molecule has 3 aromatic rings. The molecule has 2 heterocycles. The van der Waals surface area contributed by atoms with Crippen LogP contribution in [0.4, 0.5) is 4.39 Å². The zero-order valence-electron chi connectivity index (χ0n) is 13.5. The lowest BCUT2D eigenvalue weighted by molar-refractivity contribution is 0.218. The van der Waals surface area contributed by atoms with Gasteiger partial charge in [0.1, 0.15) is 11.6 Å². The second kappa shape index (κ2) is 8.45. The maximum absolute atomic E-state index is 11.9. The smallest absolute Gasteiger partial charge is 0.123 e. The van der Waals surface area contributed by atoms with E-state index in [2.05, 4.69) is 15.5 Å². The van der Waals surface area contributed by atoms with Crippen molar-refractivity contribution in [2.24, 2.45) is 5.92 Å². The fourth-order valence-corrected chi connectivity index (χ4v) is 2.71. The number of piperidine rings is 1. The summed E-state index contributed by atoms with van der Waals surface area (Å²) in [6.45, 7) is 3.03. The second-order valence-electron chi connectivity index (χ2n) is 5.94. The lowest BCUT2D eigenvalue weighted by Crippen LogP contribution is -2.33. The van der Waals surface area contributed by atoms with Crippen LogP contribution in [0.5, 0.6) is 5.75 Å². The van der Waals surface area contributed by atoms with E-state index in [4.69, 9.17) is 4.74 Å². The SMILES string of the molecule is Fc1ccccc1.c1cc2[nH]ncc2cc1OCC1CCCNC1. The van der Waals surface area contributed by atoms with Gasteiger partial charge in [-0.2, -0.15) is 5.10 Å². The first kappa shape index (κ1) is 16.5. The van der Waals surface area contributed by atoms with Crippen molar-refractivity contribution in [3.63, 3.8) is 0 Å². The first-order chi connectivity index (χ1) is 11.8. The minimum absolute atomic E-state index is 0.178. The van der Waals surface area contributed by atoms with E-state index in [1.54, 1.807) is 18.2 Å². The summed E-state index contributed by atoms with van der Waals surface area (Å²) in [5.74, 6) is 1.40. The minimum Gasteiger partial charge on any atom is -0.493 e. The van der Waals surface area contributed by atoms with E-state index in [1.165, 1.54) is 25.0 Å². The number of hydrogen-bond donors (Lipinski definition) is 2. The number of halogens is 1. The first-order valence-corrected chi connectivity index (χ1v) is 8.28. The van der Waals surface area contributed by atoms with Crippen molar-refractivity contribution in [1.29, 1.82) is 0 Å². The van der Waals surface area contributed by atoms with Gasteiger partial charge in [0.2, 0.25) is 0 Å². The van der Waals surface area contributed by atoms with Crippen LogP contribution in [-0.2, 0) is 0 Å². The molecule has 0 amide bonds. The summed E-state index contributed by atoms with van der Waals surface area (Å²) in [4.78, 5) is 0. The van der Waals surface area contributed by atoms with E-state index >= 15 is 0 Å². The van der Waals surface area contributed by atoms with Gasteiger partial charge in [-0.25, -0.2) is 4.39 Å². The van der Waals surface area contributed by atoms with Gasteiger partial charge in [-0.15, -0.1) is 0 Å². The van der Waals surface area contributed by atoms with Crippen molar-refractivity contribution < 1.29 is 9.13 Å². The fourth-order valence-electron chi connectivity index (χ4n) is 2.71. The van der Waals surface area contributed by atoms with Crippen LogP contribution >= 0.6 is 0 Å². The number of aromatic nitrogens is 2. The topological polar surface area (TPSA) is 49.9 Å². The Hall–Kier alpha value is -2.40. The molecule has 2 N–H and O–H groups in total. The highest BCUT2D eigenvalue weighted by Gasteiger charge is 2.13. The molecule has 1 atom stereocenters. The molecule has 4 nitrogen and oxygen atoms in total. The molecule has 0 spiro atoms. The van der Waals surface area contributed by atoms with Gasteiger partial charge < -0.3 is 10.1 Å². The number of nitrogens with one attached hydrogen (secondary N) is 2. The van der Waals surface area contributed by atoms with E-state index in [0.717, 1.165) is 36.3 Å². The van der Waals surface area contributed by atoms with Crippen LogP contribution < -0.4 is 10.1 Å². The van der Waals surface area contributed by atoms with Crippen LogP contribution in [0.1, 0.15) is 12.8 Å². The van der Waals surface area contributed by atoms with Gasteiger partial charge in [0.15, 0.2) is 0 Å². The quantitative estimate of drug-likeness (QED) is 0.770. The summed E-state index contributed by atoms with van der Waals surface area (Å²) < 4.78 is 17.7. The molecule has 1 aliphatic heterocycles. The Kier molecular flexibility index (Phi) is 5.80. The van der Waals surface area contributed by atoms with E-state index < -0.39 is 0 Å². The molecule has 0 aliphatic carbocycles. The van der Waals surface area contributed by atoms with E-state index in [0.29, 0.717) is 5.92 Å². The highest BCUT2D eigenvalue weighted by molar-refractivity contribution is 5.79. The van der Waals surface area contributed by atoms with Crippen LogP contribution in [0.15, 0.2) is 54.7 Å². The number of fused-ring (bicyclic) bond motifs is 1. The van der Waals surface area contributed by atoms with Gasteiger partial charge in [0, 0.05) is 17.8 Å².